The van der Waals surface area contributed by atoms with Gasteiger partial charge in [0.05, 0.1) is 13.2 Å². The van der Waals surface area contributed by atoms with Crippen LogP contribution in [0.2, 0.25) is 0 Å². The van der Waals surface area contributed by atoms with E-state index in [9.17, 15) is 0 Å². The van der Waals surface area contributed by atoms with Crippen molar-refractivity contribution in [3.63, 3.8) is 0 Å². The molecule has 3 N–H and O–H groups in total. The van der Waals surface area contributed by atoms with Crippen LogP contribution in [0.5, 0.6) is 0 Å². The Bertz CT molecular complexity index is 231. The van der Waals surface area contributed by atoms with Crippen LogP contribution in [-0.4, -0.2) is 31.8 Å². The molecule has 1 fully saturated rings. The zero-order valence-electron chi connectivity index (χ0n) is 9.10. The van der Waals surface area contributed by atoms with E-state index in [0.717, 1.165) is 26.2 Å². The van der Waals surface area contributed by atoms with Gasteiger partial charge in [0.1, 0.15) is 0 Å². The lowest BCUT2D eigenvalue weighted by molar-refractivity contribution is -0.00138. The highest BCUT2D eigenvalue weighted by Gasteiger charge is 2.36. The summed E-state index contributed by atoms with van der Waals surface area (Å²) in [5.74, 6) is 6.35. The van der Waals surface area contributed by atoms with E-state index >= 15 is 0 Å². The SMILES string of the molecule is CC#CCNC1(CN)CCOCC1C. The maximum absolute atomic E-state index is 5.84. The molecule has 2 unspecified atom stereocenters. The van der Waals surface area contributed by atoms with E-state index in [0.29, 0.717) is 12.5 Å². The highest BCUT2D eigenvalue weighted by Crippen LogP contribution is 2.25. The van der Waals surface area contributed by atoms with E-state index in [1.54, 1.807) is 0 Å². The zero-order valence-corrected chi connectivity index (χ0v) is 9.10. The first-order chi connectivity index (χ1) is 6.75. The van der Waals surface area contributed by atoms with Crippen LogP contribution in [0.3, 0.4) is 0 Å². The number of nitrogens with two attached hydrogens (primary N) is 1. The Morgan fingerprint density at radius 1 is 1.64 bits per heavy atom. The molecule has 3 nitrogen and oxygen atoms in total. The highest BCUT2D eigenvalue weighted by atomic mass is 16.5. The second-order valence-electron chi connectivity index (χ2n) is 3.87. The second kappa shape index (κ2) is 5.35. The predicted octanol–water partition coefficient (Wildman–Crippen LogP) is 0.353. The first-order valence-electron chi connectivity index (χ1n) is 5.17. The summed E-state index contributed by atoms with van der Waals surface area (Å²) in [5.41, 5.74) is 5.87. The first kappa shape index (κ1) is 11.5. The third-order valence-corrected chi connectivity index (χ3v) is 3.07. The molecular weight excluding hydrogens is 176 g/mol. The number of hydrogen-bond acceptors (Lipinski definition) is 3. The van der Waals surface area contributed by atoms with E-state index in [1.807, 2.05) is 6.92 Å². The molecule has 0 bridgehead atoms. The molecule has 0 aromatic rings. The van der Waals surface area contributed by atoms with Crippen LogP contribution in [0.1, 0.15) is 20.3 Å². The highest BCUT2D eigenvalue weighted by molar-refractivity contribution is 5.03. The minimum absolute atomic E-state index is 0.0299. The summed E-state index contributed by atoms with van der Waals surface area (Å²) in [6.45, 7) is 7.00. The Kier molecular flexibility index (Phi) is 4.40. The molecule has 0 aliphatic carbocycles. The van der Waals surface area contributed by atoms with Gasteiger partial charge >= 0.3 is 0 Å². The standard InChI is InChI=1S/C11H20N2O/c1-3-4-6-13-11(9-12)5-7-14-8-10(11)2/h10,13H,5-9,12H2,1-2H3. The smallest absolute Gasteiger partial charge is 0.0581 e. The average molecular weight is 196 g/mol. The summed E-state index contributed by atoms with van der Waals surface area (Å²) in [7, 11) is 0. The first-order valence-corrected chi connectivity index (χ1v) is 5.17. The van der Waals surface area contributed by atoms with Gasteiger partial charge < -0.3 is 10.5 Å². The number of hydrogen-bond donors (Lipinski definition) is 2. The molecule has 0 radical (unpaired) electrons. The van der Waals surface area contributed by atoms with E-state index in [4.69, 9.17) is 10.5 Å². The predicted molar refractivity (Wildman–Crippen MR) is 57.8 cm³/mol. The van der Waals surface area contributed by atoms with Crippen LogP contribution in [0.25, 0.3) is 0 Å². The molecule has 2 atom stereocenters. The van der Waals surface area contributed by atoms with Crippen molar-refractivity contribution in [3.05, 3.63) is 0 Å². The van der Waals surface area contributed by atoms with Crippen LogP contribution in [0, 0.1) is 17.8 Å². The van der Waals surface area contributed by atoms with Crippen molar-refractivity contribution in [1.29, 1.82) is 0 Å². The minimum Gasteiger partial charge on any atom is -0.381 e. The van der Waals surface area contributed by atoms with E-state index in [1.165, 1.54) is 0 Å². The fraction of sp³-hybridized carbons (Fsp3) is 0.818. The fourth-order valence-electron chi connectivity index (χ4n) is 1.87. The fourth-order valence-corrected chi connectivity index (χ4v) is 1.87. The van der Waals surface area contributed by atoms with Crippen molar-refractivity contribution in [1.82, 2.24) is 5.32 Å². The number of rotatable bonds is 3. The van der Waals surface area contributed by atoms with Gasteiger partial charge in [-0.15, -0.1) is 5.92 Å². The van der Waals surface area contributed by atoms with E-state index < -0.39 is 0 Å². The van der Waals surface area contributed by atoms with Crippen molar-refractivity contribution in [2.24, 2.45) is 11.7 Å². The van der Waals surface area contributed by atoms with Gasteiger partial charge in [-0.1, -0.05) is 12.8 Å². The summed E-state index contributed by atoms with van der Waals surface area (Å²) < 4.78 is 5.41. The molecule has 1 saturated heterocycles. The van der Waals surface area contributed by atoms with Gasteiger partial charge in [0, 0.05) is 18.7 Å². The van der Waals surface area contributed by atoms with E-state index in [-0.39, 0.29) is 5.54 Å². The average Bonchev–Trinajstić information content (AvgIpc) is 2.21. The van der Waals surface area contributed by atoms with Gasteiger partial charge in [-0.2, -0.15) is 0 Å². The van der Waals surface area contributed by atoms with Gasteiger partial charge in [-0.25, -0.2) is 0 Å². The van der Waals surface area contributed by atoms with Crippen LogP contribution < -0.4 is 11.1 Å². The lowest BCUT2D eigenvalue weighted by Crippen LogP contribution is -2.59. The molecule has 0 spiro atoms. The normalized spacial score (nSPS) is 32.1. The third-order valence-electron chi connectivity index (χ3n) is 3.07. The Morgan fingerprint density at radius 3 is 3.00 bits per heavy atom. The lowest BCUT2D eigenvalue weighted by atomic mass is 9.81. The molecule has 1 aliphatic rings. The number of nitrogens with one attached hydrogen (secondary N) is 1. The molecule has 0 aromatic carbocycles. The minimum atomic E-state index is 0.0299. The van der Waals surface area contributed by atoms with Crippen molar-refractivity contribution in [3.8, 4) is 11.8 Å². The third kappa shape index (κ3) is 2.48. The molecule has 14 heavy (non-hydrogen) atoms. The monoisotopic (exact) mass is 196 g/mol. The second-order valence-corrected chi connectivity index (χ2v) is 3.87. The van der Waals surface area contributed by atoms with Gasteiger partial charge in [-0.05, 0) is 19.3 Å². The quantitative estimate of drug-likeness (QED) is 0.640. The van der Waals surface area contributed by atoms with Gasteiger partial charge in [0.25, 0.3) is 0 Å². The van der Waals surface area contributed by atoms with Crippen LogP contribution in [-0.2, 0) is 4.74 Å². The summed E-state index contributed by atoms with van der Waals surface area (Å²) >= 11 is 0. The van der Waals surface area contributed by atoms with Crippen molar-refractivity contribution in [2.75, 3.05) is 26.3 Å². The van der Waals surface area contributed by atoms with E-state index in [2.05, 4.69) is 24.1 Å². The van der Waals surface area contributed by atoms with Gasteiger partial charge in [-0.3, -0.25) is 5.32 Å². The maximum atomic E-state index is 5.84. The zero-order chi connectivity index (χ0) is 10.4. The van der Waals surface area contributed by atoms with Crippen molar-refractivity contribution >= 4 is 0 Å². The van der Waals surface area contributed by atoms with Crippen LogP contribution in [0.4, 0.5) is 0 Å². The Labute approximate surface area is 86.4 Å². The molecule has 0 aromatic heterocycles. The maximum Gasteiger partial charge on any atom is 0.0581 e. The largest absolute Gasteiger partial charge is 0.381 e. The van der Waals surface area contributed by atoms with Crippen molar-refractivity contribution in [2.45, 2.75) is 25.8 Å². The van der Waals surface area contributed by atoms with Crippen molar-refractivity contribution < 1.29 is 4.74 Å². The summed E-state index contributed by atoms with van der Waals surface area (Å²) in [5, 5.41) is 3.46. The Hall–Kier alpha value is -0.560. The molecule has 1 rings (SSSR count). The number of ether oxygens (including phenoxy) is 1. The molecule has 1 heterocycles. The summed E-state index contributed by atoms with van der Waals surface area (Å²) in [6, 6.07) is 0. The Morgan fingerprint density at radius 2 is 2.43 bits per heavy atom. The Balaban J connectivity index is 2.56. The van der Waals surface area contributed by atoms with Gasteiger partial charge in [0.15, 0.2) is 0 Å². The molecule has 1 aliphatic heterocycles. The molecular formula is C11H20N2O. The molecule has 0 amide bonds. The van der Waals surface area contributed by atoms with Crippen LogP contribution >= 0.6 is 0 Å². The molecule has 80 valence electrons. The van der Waals surface area contributed by atoms with Gasteiger partial charge in [0.2, 0.25) is 0 Å². The summed E-state index contributed by atoms with van der Waals surface area (Å²) in [6.07, 6.45) is 0.982. The lowest BCUT2D eigenvalue weighted by Gasteiger charge is -2.42. The molecule has 3 heteroatoms. The summed E-state index contributed by atoms with van der Waals surface area (Å²) in [4.78, 5) is 0. The molecule has 0 saturated carbocycles. The van der Waals surface area contributed by atoms with Crippen LogP contribution in [0.15, 0.2) is 0 Å². The topological polar surface area (TPSA) is 47.3 Å².